The lowest BCUT2D eigenvalue weighted by molar-refractivity contribution is 0.0897. The van der Waals surface area contributed by atoms with Crippen LogP contribution in [0.25, 0.3) is 0 Å². The zero-order chi connectivity index (χ0) is 16.2. The molecule has 7 heteroatoms. The summed E-state index contributed by atoms with van der Waals surface area (Å²) in [5, 5.41) is 5.78. The van der Waals surface area contributed by atoms with Gasteiger partial charge in [-0.05, 0) is 31.9 Å². The Morgan fingerprint density at radius 1 is 1.36 bits per heavy atom. The van der Waals surface area contributed by atoms with Crippen molar-refractivity contribution in [3.05, 3.63) is 35.4 Å². The van der Waals surface area contributed by atoms with Crippen molar-refractivity contribution in [2.75, 3.05) is 13.2 Å². The summed E-state index contributed by atoms with van der Waals surface area (Å²) in [7, 11) is 0. The van der Waals surface area contributed by atoms with E-state index >= 15 is 0 Å². The molecule has 1 aromatic carbocycles. The standard InChI is InChI=1S/C15H19Cl3N2O2/c1-10-4-6-11(7-5-10)13(21)20-14(15(16,17)18)19-9-12-3-2-8-22-12/h4-7,12,14,19H,2-3,8-9H2,1H3,(H,20,21)/t12-,14-/m1/s1. The number of benzene rings is 1. The van der Waals surface area contributed by atoms with Crippen molar-refractivity contribution in [2.45, 2.75) is 35.8 Å². The Morgan fingerprint density at radius 3 is 2.59 bits per heavy atom. The summed E-state index contributed by atoms with van der Waals surface area (Å²) in [6.07, 6.45) is 1.29. The van der Waals surface area contributed by atoms with Crippen LogP contribution in [0.4, 0.5) is 0 Å². The molecule has 2 N–H and O–H groups in total. The van der Waals surface area contributed by atoms with Crippen LogP contribution < -0.4 is 10.6 Å². The minimum absolute atomic E-state index is 0.0890. The molecule has 2 rings (SSSR count). The number of nitrogens with one attached hydrogen (secondary N) is 2. The van der Waals surface area contributed by atoms with E-state index in [-0.39, 0.29) is 12.0 Å². The SMILES string of the molecule is Cc1ccc(C(=O)N[C@@H](NC[C@H]2CCCO2)C(Cl)(Cl)Cl)cc1. The van der Waals surface area contributed by atoms with Gasteiger partial charge in [0.2, 0.25) is 3.79 Å². The maximum absolute atomic E-state index is 12.3. The lowest BCUT2D eigenvalue weighted by Gasteiger charge is -2.27. The number of ether oxygens (including phenoxy) is 1. The third kappa shape index (κ3) is 5.28. The van der Waals surface area contributed by atoms with Crippen molar-refractivity contribution < 1.29 is 9.53 Å². The van der Waals surface area contributed by atoms with Gasteiger partial charge in [0.1, 0.15) is 6.17 Å². The molecule has 0 spiro atoms. The smallest absolute Gasteiger partial charge is 0.252 e. The van der Waals surface area contributed by atoms with Gasteiger partial charge in [0.25, 0.3) is 5.91 Å². The molecule has 2 atom stereocenters. The van der Waals surface area contributed by atoms with Crippen LogP contribution in [0.5, 0.6) is 0 Å². The van der Waals surface area contributed by atoms with E-state index in [9.17, 15) is 4.79 Å². The number of carbonyl (C=O) groups excluding carboxylic acids is 1. The molecule has 122 valence electrons. The Balaban J connectivity index is 1.96. The zero-order valence-corrected chi connectivity index (χ0v) is 14.5. The Hall–Kier alpha value is -0.520. The van der Waals surface area contributed by atoms with E-state index in [2.05, 4.69) is 10.6 Å². The van der Waals surface area contributed by atoms with Crippen LogP contribution in [0.3, 0.4) is 0 Å². The highest BCUT2D eigenvalue weighted by molar-refractivity contribution is 6.68. The van der Waals surface area contributed by atoms with Gasteiger partial charge in [0.05, 0.1) is 6.10 Å². The van der Waals surface area contributed by atoms with Gasteiger partial charge in [-0.15, -0.1) is 0 Å². The van der Waals surface area contributed by atoms with Crippen molar-refractivity contribution in [2.24, 2.45) is 0 Å². The van der Waals surface area contributed by atoms with E-state index < -0.39 is 9.96 Å². The number of halogens is 3. The van der Waals surface area contributed by atoms with E-state index in [0.29, 0.717) is 12.1 Å². The average molecular weight is 366 g/mol. The molecular weight excluding hydrogens is 347 g/mol. The first kappa shape index (κ1) is 17.8. The average Bonchev–Trinajstić information content (AvgIpc) is 2.96. The second kappa shape index (κ2) is 7.84. The monoisotopic (exact) mass is 364 g/mol. The van der Waals surface area contributed by atoms with Gasteiger partial charge < -0.3 is 10.1 Å². The van der Waals surface area contributed by atoms with Gasteiger partial charge >= 0.3 is 0 Å². The number of amides is 1. The number of hydrogen-bond donors (Lipinski definition) is 2. The first-order valence-electron chi connectivity index (χ1n) is 7.15. The second-order valence-electron chi connectivity index (χ2n) is 5.36. The first-order chi connectivity index (χ1) is 10.4. The predicted molar refractivity (Wildman–Crippen MR) is 89.7 cm³/mol. The molecule has 0 aliphatic carbocycles. The van der Waals surface area contributed by atoms with Crippen LogP contribution in [-0.4, -0.2) is 35.1 Å². The van der Waals surface area contributed by atoms with Crippen molar-refractivity contribution in [1.29, 1.82) is 0 Å². The Morgan fingerprint density at radius 2 is 2.05 bits per heavy atom. The zero-order valence-electron chi connectivity index (χ0n) is 12.2. The van der Waals surface area contributed by atoms with Crippen LogP contribution in [0.15, 0.2) is 24.3 Å². The van der Waals surface area contributed by atoms with Gasteiger partial charge in [-0.1, -0.05) is 52.5 Å². The van der Waals surface area contributed by atoms with E-state index in [1.807, 2.05) is 19.1 Å². The van der Waals surface area contributed by atoms with Gasteiger partial charge in [-0.25, -0.2) is 0 Å². The van der Waals surface area contributed by atoms with Gasteiger partial charge in [0, 0.05) is 18.7 Å². The predicted octanol–water partition coefficient (Wildman–Crippen LogP) is 3.19. The molecule has 1 aliphatic heterocycles. The molecule has 0 bridgehead atoms. The van der Waals surface area contributed by atoms with Crippen molar-refractivity contribution in [3.8, 4) is 0 Å². The number of rotatable bonds is 5. The minimum Gasteiger partial charge on any atom is -0.377 e. The molecule has 1 saturated heterocycles. The summed E-state index contributed by atoms with van der Waals surface area (Å²) < 4.78 is 3.86. The molecule has 0 aromatic heterocycles. The van der Waals surface area contributed by atoms with Crippen LogP contribution in [0.2, 0.25) is 0 Å². The number of carbonyl (C=O) groups is 1. The normalized spacial score (nSPS) is 19.9. The van der Waals surface area contributed by atoms with Crippen molar-refractivity contribution in [1.82, 2.24) is 10.6 Å². The summed E-state index contributed by atoms with van der Waals surface area (Å²) in [5.74, 6) is -0.295. The fourth-order valence-corrected chi connectivity index (χ4v) is 2.62. The number of alkyl halides is 3. The van der Waals surface area contributed by atoms with Gasteiger partial charge in [-0.3, -0.25) is 10.1 Å². The minimum atomic E-state index is -1.65. The van der Waals surface area contributed by atoms with Crippen molar-refractivity contribution in [3.63, 3.8) is 0 Å². The maximum Gasteiger partial charge on any atom is 0.252 e. The van der Waals surface area contributed by atoms with Crippen LogP contribution in [0.1, 0.15) is 28.8 Å². The molecule has 1 aliphatic rings. The Bertz CT molecular complexity index is 497. The summed E-state index contributed by atoms with van der Waals surface area (Å²) in [6.45, 7) is 3.22. The largest absolute Gasteiger partial charge is 0.377 e. The topological polar surface area (TPSA) is 50.4 Å². The summed E-state index contributed by atoms with van der Waals surface area (Å²) in [5.41, 5.74) is 1.59. The highest BCUT2D eigenvalue weighted by Crippen LogP contribution is 2.29. The third-order valence-electron chi connectivity index (χ3n) is 3.49. The highest BCUT2D eigenvalue weighted by atomic mass is 35.6. The molecule has 4 nitrogen and oxygen atoms in total. The quantitative estimate of drug-likeness (QED) is 0.622. The van der Waals surface area contributed by atoms with Crippen LogP contribution in [0, 0.1) is 6.92 Å². The molecule has 1 aromatic rings. The van der Waals surface area contributed by atoms with Crippen LogP contribution in [-0.2, 0) is 4.74 Å². The second-order valence-corrected chi connectivity index (χ2v) is 7.73. The van der Waals surface area contributed by atoms with E-state index in [0.717, 1.165) is 25.0 Å². The summed E-state index contributed by atoms with van der Waals surface area (Å²) >= 11 is 17.9. The first-order valence-corrected chi connectivity index (χ1v) is 8.29. The fraction of sp³-hybridized carbons (Fsp3) is 0.533. The third-order valence-corrected chi connectivity index (χ3v) is 4.14. The fourth-order valence-electron chi connectivity index (χ4n) is 2.22. The lowest BCUT2D eigenvalue weighted by atomic mass is 10.1. The summed E-state index contributed by atoms with van der Waals surface area (Å²) in [4.78, 5) is 12.3. The molecule has 0 unspecified atom stereocenters. The molecular formula is C15H19Cl3N2O2. The number of hydrogen-bond acceptors (Lipinski definition) is 3. The Labute approximate surface area is 145 Å². The number of aryl methyl sites for hydroxylation is 1. The van der Waals surface area contributed by atoms with Gasteiger partial charge in [0.15, 0.2) is 0 Å². The molecule has 1 heterocycles. The molecule has 1 amide bonds. The van der Waals surface area contributed by atoms with Crippen molar-refractivity contribution >= 4 is 40.7 Å². The maximum atomic E-state index is 12.3. The van der Waals surface area contributed by atoms with E-state index in [1.165, 1.54) is 0 Å². The Kier molecular flexibility index (Phi) is 6.36. The van der Waals surface area contributed by atoms with E-state index in [1.54, 1.807) is 12.1 Å². The van der Waals surface area contributed by atoms with Crippen LogP contribution >= 0.6 is 34.8 Å². The van der Waals surface area contributed by atoms with E-state index in [4.69, 9.17) is 39.5 Å². The molecule has 0 radical (unpaired) electrons. The van der Waals surface area contributed by atoms with Gasteiger partial charge in [-0.2, -0.15) is 0 Å². The lowest BCUT2D eigenvalue weighted by Crippen LogP contribution is -2.54. The molecule has 0 saturated carbocycles. The molecule has 1 fully saturated rings. The summed E-state index contributed by atoms with van der Waals surface area (Å²) in [6, 6.07) is 7.19. The highest BCUT2D eigenvalue weighted by Gasteiger charge is 2.34. The molecule has 22 heavy (non-hydrogen) atoms.